The Hall–Kier alpha value is -3.26. The van der Waals surface area contributed by atoms with Crippen molar-refractivity contribution >= 4 is 5.91 Å². The number of nitrogens with zero attached hydrogens (tertiary/aromatic N) is 2. The second-order valence-corrected chi connectivity index (χ2v) is 6.05. The Morgan fingerprint density at radius 3 is 2.35 bits per heavy atom. The van der Waals surface area contributed by atoms with Gasteiger partial charge >= 0.3 is 0 Å². The highest BCUT2D eigenvalue weighted by atomic mass is 16.5. The van der Waals surface area contributed by atoms with Crippen molar-refractivity contribution in [1.82, 2.24) is 4.90 Å². The summed E-state index contributed by atoms with van der Waals surface area (Å²) in [6, 6.07) is 14.9. The number of rotatable bonds is 6. The van der Waals surface area contributed by atoms with Crippen LogP contribution < -0.4 is 9.47 Å². The van der Waals surface area contributed by atoms with Crippen LogP contribution in [0.15, 0.2) is 55.1 Å². The molecule has 2 aromatic rings. The summed E-state index contributed by atoms with van der Waals surface area (Å²) in [5, 5.41) is 9.00. The van der Waals surface area contributed by atoms with Gasteiger partial charge in [-0.25, -0.2) is 0 Å². The quantitative estimate of drug-likeness (QED) is 0.593. The number of β-lactam (4-membered cyclic amide) rings is 1. The lowest BCUT2D eigenvalue weighted by Crippen LogP contribution is -2.53. The number of ether oxygens (including phenoxy) is 2. The van der Waals surface area contributed by atoms with Crippen LogP contribution in [0.25, 0.3) is 0 Å². The number of amides is 1. The van der Waals surface area contributed by atoms with E-state index in [4.69, 9.17) is 14.7 Å². The van der Waals surface area contributed by atoms with Crippen LogP contribution in [0.5, 0.6) is 11.5 Å². The fraction of sp³-hybridized carbons (Fsp3) is 0.238. The molecular formula is C21H20N2O3. The zero-order valence-corrected chi connectivity index (χ0v) is 14.8. The summed E-state index contributed by atoms with van der Waals surface area (Å²) in [6.07, 6.45) is 1.72. The molecule has 3 rings (SSSR count). The third kappa shape index (κ3) is 2.91. The average molecular weight is 348 g/mol. The lowest BCUT2D eigenvalue weighted by Gasteiger charge is -2.47. The van der Waals surface area contributed by atoms with Crippen molar-refractivity contribution < 1.29 is 14.3 Å². The summed E-state index contributed by atoms with van der Waals surface area (Å²) < 4.78 is 10.7. The van der Waals surface area contributed by atoms with Crippen molar-refractivity contribution in [1.29, 1.82) is 5.26 Å². The number of methoxy groups -OCH3 is 2. The van der Waals surface area contributed by atoms with Gasteiger partial charge in [-0.05, 0) is 35.4 Å². The van der Waals surface area contributed by atoms with E-state index >= 15 is 0 Å². The number of carbonyl (C=O) groups is 1. The van der Waals surface area contributed by atoms with Gasteiger partial charge in [-0.1, -0.05) is 24.3 Å². The molecule has 0 N–H and O–H groups in total. The van der Waals surface area contributed by atoms with Crippen LogP contribution in [0.3, 0.4) is 0 Å². The predicted molar refractivity (Wildman–Crippen MR) is 98.1 cm³/mol. The minimum absolute atomic E-state index is 0.0477. The van der Waals surface area contributed by atoms with Gasteiger partial charge in [0.15, 0.2) is 11.5 Å². The molecule has 1 amide bonds. The maximum Gasteiger partial charge on any atom is 0.233 e. The first-order valence-corrected chi connectivity index (χ1v) is 8.28. The molecule has 0 radical (unpaired) electrons. The van der Waals surface area contributed by atoms with Crippen LogP contribution in [-0.2, 0) is 4.79 Å². The third-order valence-electron chi connectivity index (χ3n) is 4.67. The van der Waals surface area contributed by atoms with E-state index in [0.717, 1.165) is 11.1 Å². The van der Waals surface area contributed by atoms with E-state index in [-0.39, 0.29) is 17.9 Å². The molecule has 5 nitrogen and oxygen atoms in total. The van der Waals surface area contributed by atoms with E-state index in [0.29, 0.717) is 23.6 Å². The first-order valence-electron chi connectivity index (χ1n) is 8.28. The second kappa shape index (κ2) is 7.32. The van der Waals surface area contributed by atoms with Gasteiger partial charge in [0.1, 0.15) is 0 Å². The summed E-state index contributed by atoms with van der Waals surface area (Å²) in [6.45, 7) is 4.23. The van der Waals surface area contributed by atoms with Crippen molar-refractivity contribution in [3.63, 3.8) is 0 Å². The minimum atomic E-state index is -0.303. The largest absolute Gasteiger partial charge is 0.493 e. The smallest absolute Gasteiger partial charge is 0.233 e. The fourth-order valence-corrected chi connectivity index (χ4v) is 3.39. The molecule has 0 aromatic heterocycles. The van der Waals surface area contributed by atoms with Gasteiger partial charge in [-0.2, -0.15) is 5.26 Å². The molecule has 26 heavy (non-hydrogen) atoms. The Morgan fingerprint density at radius 2 is 1.77 bits per heavy atom. The van der Waals surface area contributed by atoms with Crippen LogP contribution in [-0.4, -0.2) is 31.6 Å². The highest BCUT2D eigenvalue weighted by Gasteiger charge is 2.48. The SMILES string of the molecule is C=CCN1C(=O)[C@@H](c2ccc(OC)c(OC)c2)[C@@H]1c1ccc(C#N)cc1. The molecule has 0 aliphatic carbocycles. The fourth-order valence-electron chi connectivity index (χ4n) is 3.39. The standard InChI is InChI=1S/C21H20N2O3/c1-4-11-23-20(15-7-5-14(13-22)6-8-15)19(21(23)24)16-9-10-17(25-2)18(12-16)26-3/h4-10,12,19-20H,1,11H2,2-3H3/t19-,20-/m0/s1. The molecule has 0 bridgehead atoms. The highest BCUT2D eigenvalue weighted by molar-refractivity contribution is 5.92. The zero-order chi connectivity index (χ0) is 18.7. The zero-order valence-electron chi connectivity index (χ0n) is 14.8. The van der Waals surface area contributed by atoms with E-state index in [1.165, 1.54) is 0 Å². The maximum absolute atomic E-state index is 12.8. The van der Waals surface area contributed by atoms with E-state index < -0.39 is 0 Å². The number of nitriles is 1. The van der Waals surface area contributed by atoms with Crippen molar-refractivity contribution in [3.8, 4) is 17.6 Å². The maximum atomic E-state index is 12.8. The molecule has 0 saturated carbocycles. The molecule has 2 atom stereocenters. The summed E-state index contributed by atoms with van der Waals surface area (Å²) in [4.78, 5) is 14.6. The van der Waals surface area contributed by atoms with Crippen molar-refractivity contribution in [3.05, 3.63) is 71.8 Å². The predicted octanol–water partition coefficient (Wildman–Crippen LogP) is 3.43. The summed E-state index contributed by atoms with van der Waals surface area (Å²) in [5.41, 5.74) is 2.46. The van der Waals surface area contributed by atoms with Gasteiger partial charge in [0.2, 0.25) is 5.91 Å². The van der Waals surface area contributed by atoms with Crippen LogP contribution in [0.4, 0.5) is 0 Å². The van der Waals surface area contributed by atoms with E-state index in [9.17, 15) is 4.79 Å². The number of hydrogen-bond donors (Lipinski definition) is 0. The Labute approximate surface area is 153 Å². The van der Waals surface area contributed by atoms with E-state index in [1.54, 1.807) is 37.3 Å². The lowest BCUT2D eigenvalue weighted by atomic mass is 9.77. The monoisotopic (exact) mass is 348 g/mol. The minimum Gasteiger partial charge on any atom is -0.493 e. The van der Waals surface area contributed by atoms with Crippen LogP contribution in [0, 0.1) is 11.3 Å². The molecule has 1 saturated heterocycles. The first-order chi connectivity index (χ1) is 12.6. The molecule has 1 aliphatic rings. The van der Waals surface area contributed by atoms with E-state index in [1.807, 2.05) is 30.3 Å². The molecule has 2 aromatic carbocycles. The molecule has 1 aliphatic heterocycles. The third-order valence-corrected chi connectivity index (χ3v) is 4.67. The number of likely N-dealkylation sites (tertiary alicyclic amines) is 1. The molecule has 132 valence electrons. The van der Waals surface area contributed by atoms with Gasteiger partial charge < -0.3 is 14.4 Å². The number of carbonyl (C=O) groups excluding carboxylic acids is 1. The summed E-state index contributed by atoms with van der Waals surface area (Å²) >= 11 is 0. The molecule has 5 heteroatoms. The molecule has 0 spiro atoms. The van der Waals surface area contributed by atoms with Crippen LogP contribution in [0.1, 0.15) is 28.7 Å². The Morgan fingerprint density at radius 1 is 1.12 bits per heavy atom. The van der Waals surface area contributed by atoms with Gasteiger partial charge in [0, 0.05) is 6.54 Å². The van der Waals surface area contributed by atoms with Crippen LogP contribution >= 0.6 is 0 Å². The lowest BCUT2D eigenvalue weighted by molar-refractivity contribution is -0.149. The number of benzene rings is 2. The first kappa shape index (κ1) is 17.6. The normalized spacial score (nSPS) is 18.7. The van der Waals surface area contributed by atoms with Gasteiger partial charge in [0.25, 0.3) is 0 Å². The van der Waals surface area contributed by atoms with Crippen molar-refractivity contribution in [2.75, 3.05) is 20.8 Å². The van der Waals surface area contributed by atoms with Crippen molar-refractivity contribution in [2.24, 2.45) is 0 Å². The topological polar surface area (TPSA) is 62.6 Å². The van der Waals surface area contributed by atoms with Gasteiger partial charge in [-0.3, -0.25) is 4.79 Å². The number of hydrogen-bond acceptors (Lipinski definition) is 4. The Kier molecular flexibility index (Phi) is 4.94. The van der Waals surface area contributed by atoms with Gasteiger partial charge in [-0.15, -0.1) is 6.58 Å². The van der Waals surface area contributed by atoms with Crippen molar-refractivity contribution in [2.45, 2.75) is 12.0 Å². The Balaban J connectivity index is 2.00. The van der Waals surface area contributed by atoms with Gasteiger partial charge in [0.05, 0.1) is 37.8 Å². The highest BCUT2D eigenvalue weighted by Crippen LogP contribution is 2.47. The average Bonchev–Trinajstić information content (AvgIpc) is 2.69. The van der Waals surface area contributed by atoms with Crippen LogP contribution in [0.2, 0.25) is 0 Å². The molecule has 1 fully saturated rings. The molecule has 1 heterocycles. The summed E-state index contributed by atoms with van der Waals surface area (Å²) in [7, 11) is 3.16. The van der Waals surface area contributed by atoms with E-state index in [2.05, 4.69) is 12.6 Å². The molecular weight excluding hydrogens is 328 g/mol. The Bertz CT molecular complexity index is 868. The summed E-state index contributed by atoms with van der Waals surface area (Å²) in [5.74, 6) is 0.966. The second-order valence-electron chi connectivity index (χ2n) is 6.05. The molecule has 0 unspecified atom stereocenters.